The molecule has 0 aliphatic heterocycles. The number of hydrogen-bond acceptors (Lipinski definition) is 4. The first kappa shape index (κ1) is 19.0. The Balaban J connectivity index is 3.26. The Hall–Kier alpha value is -2.08. The van der Waals surface area contributed by atoms with Gasteiger partial charge in [0, 0.05) is 11.4 Å². The molecule has 0 saturated heterocycles. The van der Waals surface area contributed by atoms with Crippen LogP contribution in [0.25, 0.3) is 0 Å². The van der Waals surface area contributed by atoms with Crippen molar-refractivity contribution in [1.82, 2.24) is 5.32 Å². The molecule has 1 aromatic carbocycles. The van der Waals surface area contributed by atoms with Gasteiger partial charge in [-0.25, -0.2) is 9.59 Å². The molecule has 0 radical (unpaired) electrons. The van der Waals surface area contributed by atoms with Crippen LogP contribution in [0.4, 0.5) is 4.79 Å². The third kappa shape index (κ3) is 5.25. The van der Waals surface area contributed by atoms with Gasteiger partial charge in [0.2, 0.25) is 0 Å². The van der Waals surface area contributed by atoms with Crippen LogP contribution in [0.3, 0.4) is 0 Å². The second-order valence-corrected chi connectivity index (χ2v) is 6.49. The van der Waals surface area contributed by atoms with E-state index in [1.807, 2.05) is 0 Å². The van der Waals surface area contributed by atoms with Gasteiger partial charge in [-0.3, -0.25) is 0 Å². The summed E-state index contributed by atoms with van der Waals surface area (Å²) in [5, 5.41) is 12.4. The summed E-state index contributed by atoms with van der Waals surface area (Å²) in [6.45, 7) is 5.00. The number of amides is 1. The predicted octanol–water partition coefficient (Wildman–Crippen LogP) is 3.12. The SMILES string of the molecule is CC(C)(C)OC(=O)N[C@](CCC=O)(C(=O)O)c1cccc(Cl)c1. The lowest BCUT2D eigenvalue weighted by Crippen LogP contribution is -2.53. The van der Waals surface area contributed by atoms with Crippen LogP contribution in [0.2, 0.25) is 5.02 Å². The van der Waals surface area contributed by atoms with Gasteiger partial charge < -0.3 is 20.0 Å². The van der Waals surface area contributed by atoms with Crippen LogP contribution < -0.4 is 5.32 Å². The summed E-state index contributed by atoms with van der Waals surface area (Å²) in [5.74, 6) is -1.30. The molecule has 0 aliphatic rings. The maximum absolute atomic E-state index is 12.1. The Labute approximate surface area is 139 Å². The van der Waals surface area contributed by atoms with Gasteiger partial charge in [0.1, 0.15) is 11.9 Å². The van der Waals surface area contributed by atoms with Gasteiger partial charge in [0.25, 0.3) is 0 Å². The molecule has 126 valence electrons. The highest BCUT2D eigenvalue weighted by atomic mass is 35.5. The van der Waals surface area contributed by atoms with E-state index in [1.165, 1.54) is 12.1 Å². The van der Waals surface area contributed by atoms with E-state index in [4.69, 9.17) is 16.3 Å². The van der Waals surface area contributed by atoms with Crippen LogP contribution in [0.1, 0.15) is 39.2 Å². The molecule has 7 heteroatoms. The number of carboxylic acid groups (broad SMARTS) is 1. The van der Waals surface area contributed by atoms with Gasteiger partial charge in [-0.1, -0.05) is 23.7 Å². The molecule has 1 amide bonds. The number of alkyl carbamates (subject to hydrolysis) is 1. The molecular formula is C16H20ClNO5. The van der Waals surface area contributed by atoms with Gasteiger partial charge in [0.05, 0.1) is 0 Å². The second kappa shape index (κ2) is 7.46. The lowest BCUT2D eigenvalue weighted by molar-refractivity contribution is -0.145. The number of hydrogen-bond donors (Lipinski definition) is 2. The minimum Gasteiger partial charge on any atom is -0.479 e. The number of halogens is 1. The number of benzene rings is 1. The summed E-state index contributed by atoms with van der Waals surface area (Å²) in [6.07, 6.45) is -0.454. The Kier molecular flexibility index (Phi) is 6.15. The third-order valence-electron chi connectivity index (χ3n) is 3.03. The van der Waals surface area contributed by atoms with E-state index >= 15 is 0 Å². The molecule has 23 heavy (non-hydrogen) atoms. The summed E-state index contributed by atoms with van der Waals surface area (Å²) in [4.78, 5) is 34.7. The van der Waals surface area contributed by atoms with Crippen molar-refractivity contribution in [3.63, 3.8) is 0 Å². The van der Waals surface area contributed by atoms with Gasteiger partial charge in [-0.15, -0.1) is 0 Å². The molecular weight excluding hydrogens is 322 g/mol. The molecule has 0 fully saturated rings. The molecule has 0 unspecified atom stereocenters. The van der Waals surface area contributed by atoms with Crippen molar-refractivity contribution in [3.8, 4) is 0 Å². The highest BCUT2D eigenvalue weighted by Crippen LogP contribution is 2.29. The lowest BCUT2D eigenvalue weighted by atomic mass is 9.85. The molecule has 0 bridgehead atoms. The predicted molar refractivity (Wildman–Crippen MR) is 85.4 cm³/mol. The molecule has 1 rings (SSSR count). The number of aliphatic carboxylic acids is 1. The van der Waals surface area contributed by atoms with Crippen LogP contribution >= 0.6 is 11.6 Å². The standard InChI is InChI=1S/C16H20ClNO5/c1-15(2,3)23-14(22)18-16(13(20)21,8-5-9-19)11-6-4-7-12(17)10-11/h4,6-7,9-10H,5,8H2,1-3H3,(H,18,22)(H,20,21)/t16-/m0/s1. The summed E-state index contributed by atoms with van der Waals surface area (Å²) in [5.41, 5.74) is -2.31. The highest BCUT2D eigenvalue weighted by molar-refractivity contribution is 6.30. The largest absolute Gasteiger partial charge is 0.479 e. The van der Waals surface area contributed by atoms with Crippen molar-refractivity contribution in [2.24, 2.45) is 0 Å². The highest BCUT2D eigenvalue weighted by Gasteiger charge is 2.42. The molecule has 0 saturated carbocycles. The molecule has 2 N–H and O–H groups in total. The van der Waals surface area contributed by atoms with Crippen LogP contribution in [-0.2, 0) is 19.9 Å². The van der Waals surface area contributed by atoms with Crippen LogP contribution in [0, 0.1) is 0 Å². The lowest BCUT2D eigenvalue weighted by Gasteiger charge is -2.32. The van der Waals surface area contributed by atoms with E-state index in [0.717, 1.165) is 0 Å². The summed E-state index contributed by atoms with van der Waals surface area (Å²) >= 11 is 5.93. The average Bonchev–Trinajstić information content (AvgIpc) is 2.41. The van der Waals surface area contributed by atoms with Gasteiger partial charge in [-0.05, 0) is 44.9 Å². The monoisotopic (exact) mass is 341 g/mol. The van der Waals surface area contributed by atoms with Crippen molar-refractivity contribution in [3.05, 3.63) is 34.9 Å². The first-order valence-electron chi connectivity index (χ1n) is 7.05. The van der Waals surface area contributed by atoms with E-state index < -0.39 is 23.2 Å². The van der Waals surface area contributed by atoms with Crippen LogP contribution in [-0.4, -0.2) is 29.1 Å². The number of carbonyl (C=O) groups excluding carboxylic acids is 2. The molecule has 0 aromatic heterocycles. The third-order valence-corrected chi connectivity index (χ3v) is 3.27. The van der Waals surface area contributed by atoms with E-state index in [2.05, 4.69) is 5.32 Å². The van der Waals surface area contributed by atoms with Crippen molar-refractivity contribution in [1.29, 1.82) is 0 Å². The van der Waals surface area contributed by atoms with Crippen molar-refractivity contribution in [2.75, 3.05) is 0 Å². The number of ether oxygens (including phenoxy) is 1. The second-order valence-electron chi connectivity index (χ2n) is 6.05. The zero-order valence-corrected chi connectivity index (χ0v) is 14.0. The minimum atomic E-state index is -1.80. The molecule has 6 nitrogen and oxygen atoms in total. The molecule has 0 aliphatic carbocycles. The van der Waals surface area contributed by atoms with E-state index in [9.17, 15) is 19.5 Å². The fourth-order valence-corrected chi connectivity index (χ4v) is 2.26. The zero-order valence-electron chi connectivity index (χ0n) is 13.3. The quantitative estimate of drug-likeness (QED) is 0.775. The molecule has 1 aromatic rings. The van der Waals surface area contributed by atoms with Crippen molar-refractivity contribution in [2.45, 2.75) is 44.8 Å². The van der Waals surface area contributed by atoms with E-state index in [0.29, 0.717) is 11.3 Å². The minimum absolute atomic E-state index is 0.0470. The molecule has 0 heterocycles. The Morgan fingerprint density at radius 3 is 2.48 bits per heavy atom. The van der Waals surface area contributed by atoms with Crippen molar-refractivity contribution < 1.29 is 24.2 Å². The first-order chi connectivity index (χ1) is 10.6. The maximum Gasteiger partial charge on any atom is 0.408 e. The number of carboxylic acids is 1. The number of aldehydes is 1. The smallest absolute Gasteiger partial charge is 0.408 e. The Morgan fingerprint density at radius 1 is 1.35 bits per heavy atom. The molecule has 0 spiro atoms. The fraction of sp³-hybridized carbons (Fsp3) is 0.438. The fourth-order valence-electron chi connectivity index (χ4n) is 2.07. The Morgan fingerprint density at radius 2 is 2.00 bits per heavy atom. The van der Waals surface area contributed by atoms with E-state index in [1.54, 1.807) is 32.9 Å². The molecule has 1 atom stereocenters. The van der Waals surface area contributed by atoms with Crippen LogP contribution in [0.5, 0.6) is 0 Å². The topological polar surface area (TPSA) is 92.7 Å². The number of rotatable bonds is 6. The summed E-state index contributed by atoms with van der Waals surface area (Å²) in [7, 11) is 0. The van der Waals surface area contributed by atoms with Gasteiger partial charge in [-0.2, -0.15) is 0 Å². The Bertz CT molecular complexity index is 596. The summed E-state index contributed by atoms with van der Waals surface area (Å²) in [6, 6.07) is 6.14. The first-order valence-corrected chi connectivity index (χ1v) is 7.43. The van der Waals surface area contributed by atoms with Crippen LogP contribution in [0.15, 0.2) is 24.3 Å². The van der Waals surface area contributed by atoms with Gasteiger partial charge >= 0.3 is 12.1 Å². The summed E-state index contributed by atoms with van der Waals surface area (Å²) < 4.78 is 5.14. The van der Waals surface area contributed by atoms with Gasteiger partial charge in [0.15, 0.2) is 5.54 Å². The van der Waals surface area contributed by atoms with Crippen molar-refractivity contribution >= 4 is 29.9 Å². The maximum atomic E-state index is 12.1. The van der Waals surface area contributed by atoms with E-state index in [-0.39, 0.29) is 18.4 Å². The zero-order chi connectivity index (χ0) is 17.7. The normalized spacial score (nSPS) is 13.7. The number of carbonyl (C=O) groups is 3. The average molecular weight is 342 g/mol. The number of nitrogens with one attached hydrogen (secondary N) is 1.